The maximum atomic E-state index is 12.3. The molecule has 3 N–H and O–H groups in total. The summed E-state index contributed by atoms with van der Waals surface area (Å²) in [4.78, 5) is 26.8. The molecule has 0 saturated heterocycles. The Labute approximate surface area is 172 Å². The zero-order valence-electron chi connectivity index (χ0n) is 15.3. The molecule has 0 aliphatic carbocycles. The summed E-state index contributed by atoms with van der Waals surface area (Å²) in [5.74, 6) is -0.473. The number of nitrogens with one attached hydrogen (secondary N) is 3. The van der Waals surface area contributed by atoms with Gasteiger partial charge < -0.3 is 15.5 Å². The van der Waals surface area contributed by atoms with Gasteiger partial charge in [0, 0.05) is 13.1 Å². The summed E-state index contributed by atoms with van der Waals surface area (Å²) in [6.45, 7) is 4.42. The number of nitrogens with zero attached hydrogens (tertiary/aromatic N) is 2. The number of anilines is 1. The number of amides is 2. The Morgan fingerprint density at radius 1 is 1.26 bits per heavy atom. The minimum Gasteiger partial charge on any atom is -0.349 e. The van der Waals surface area contributed by atoms with Crippen molar-refractivity contribution in [3.8, 4) is 0 Å². The topological polar surface area (TPSA) is 90.1 Å². The second-order valence-corrected chi connectivity index (χ2v) is 7.31. The van der Waals surface area contributed by atoms with Crippen LogP contribution < -0.4 is 10.6 Å². The summed E-state index contributed by atoms with van der Waals surface area (Å²) >= 11 is 9.34. The summed E-state index contributed by atoms with van der Waals surface area (Å²) in [6.07, 6.45) is 2.27. The first-order valence-corrected chi connectivity index (χ1v) is 9.87. The van der Waals surface area contributed by atoms with Crippen LogP contribution in [0, 0.1) is 0 Å². The average Bonchev–Trinajstić information content (AvgIpc) is 3.00. The van der Waals surface area contributed by atoms with Crippen LogP contribution in [0.25, 0.3) is 0 Å². The lowest BCUT2D eigenvalue weighted by Gasteiger charge is -2.16. The van der Waals surface area contributed by atoms with Crippen LogP contribution in [-0.2, 0) is 0 Å². The van der Waals surface area contributed by atoms with E-state index in [-0.39, 0.29) is 17.4 Å². The van der Waals surface area contributed by atoms with E-state index in [1.165, 1.54) is 0 Å². The predicted octanol–water partition coefficient (Wildman–Crippen LogP) is 3.54. The van der Waals surface area contributed by atoms with Crippen molar-refractivity contribution < 1.29 is 9.59 Å². The van der Waals surface area contributed by atoms with Crippen molar-refractivity contribution in [2.75, 3.05) is 32.0 Å². The number of aromatic nitrogens is 2. The Hall–Kier alpha value is -1.90. The smallest absolute Gasteiger partial charge is 0.270 e. The SMILES string of the molecule is CCCCN(C)CCNC(=O)c1[nH]nc(NC(=O)c2ccccc2Cl)c1Br. The Morgan fingerprint density at radius 2 is 2.00 bits per heavy atom. The van der Waals surface area contributed by atoms with E-state index >= 15 is 0 Å². The molecular weight excluding hydrogens is 434 g/mol. The summed E-state index contributed by atoms with van der Waals surface area (Å²) in [5, 5.41) is 12.5. The van der Waals surface area contributed by atoms with Crippen molar-refractivity contribution in [1.82, 2.24) is 20.4 Å². The van der Waals surface area contributed by atoms with E-state index in [9.17, 15) is 9.59 Å². The van der Waals surface area contributed by atoms with E-state index in [0.29, 0.717) is 21.6 Å². The molecule has 146 valence electrons. The van der Waals surface area contributed by atoms with Crippen LogP contribution in [0.15, 0.2) is 28.7 Å². The normalized spacial score (nSPS) is 10.9. The van der Waals surface area contributed by atoms with Crippen LogP contribution in [0.4, 0.5) is 5.82 Å². The number of aromatic amines is 1. The first-order chi connectivity index (χ1) is 12.9. The number of carbonyl (C=O) groups excluding carboxylic acids is 2. The predicted molar refractivity (Wildman–Crippen MR) is 110 cm³/mol. The summed E-state index contributed by atoms with van der Waals surface area (Å²) in [7, 11) is 2.02. The number of halogens is 2. The number of likely N-dealkylation sites (N-methyl/N-ethyl adjacent to an activating group) is 1. The second kappa shape index (κ2) is 10.4. The summed E-state index contributed by atoms with van der Waals surface area (Å²) in [5.41, 5.74) is 0.579. The van der Waals surface area contributed by atoms with Gasteiger partial charge in [-0.2, -0.15) is 5.10 Å². The molecule has 0 bridgehead atoms. The van der Waals surface area contributed by atoms with Gasteiger partial charge in [0.15, 0.2) is 5.82 Å². The third-order valence-electron chi connectivity index (χ3n) is 3.96. The Kier molecular flexibility index (Phi) is 8.27. The molecule has 0 fully saturated rings. The van der Waals surface area contributed by atoms with Gasteiger partial charge in [-0.1, -0.05) is 37.1 Å². The van der Waals surface area contributed by atoms with E-state index in [0.717, 1.165) is 25.9 Å². The van der Waals surface area contributed by atoms with Gasteiger partial charge in [0.1, 0.15) is 5.69 Å². The standard InChI is InChI=1S/C18H23BrClN5O2/c1-3-4-10-25(2)11-9-21-18(27)15-14(19)16(24-23-15)22-17(26)12-7-5-6-8-13(12)20/h5-8H,3-4,9-11H2,1-2H3,(H,21,27)(H2,22,23,24,26). The van der Waals surface area contributed by atoms with Gasteiger partial charge in [-0.25, -0.2) is 0 Å². The summed E-state index contributed by atoms with van der Waals surface area (Å²) in [6, 6.07) is 6.70. The molecule has 1 aromatic heterocycles. The Balaban J connectivity index is 1.93. The van der Waals surface area contributed by atoms with Crippen LogP contribution >= 0.6 is 27.5 Å². The molecule has 7 nitrogen and oxygen atoms in total. The van der Waals surface area contributed by atoms with Crippen molar-refractivity contribution in [3.05, 3.63) is 45.0 Å². The van der Waals surface area contributed by atoms with Gasteiger partial charge in [0.25, 0.3) is 11.8 Å². The molecule has 0 radical (unpaired) electrons. The maximum Gasteiger partial charge on any atom is 0.270 e. The zero-order valence-corrected chi connectivity index (χ0v) is 17.7. The number of rotatable bonds is 9. The van der Waals surface area contributed by atoms with Crippen molar-refractivity contribution in [1.29, 1.82) is 0 Å². The molecule has 9 heteroatoms. The van der Waals surface area contributed by atoms with Gasteiger partial charge in [-0.05, 0) is 48.1 Å². The first kappa shape index (κ1) is 21.4. The lowest BCUT2D eigenvalue weighted by molar-refractivity contribution is 0.0943. The third kappa shape index (κ3) is 6.05. The molecule has 0 spiro atoms. The highest BCUT2D eigenvalue weighted by atomic mass is 79.9. The number of benzene rings is 1. The number of H-pyrrole nitrogens is 1. The average molecular weight is 457 g/mol. The van der Waals surface area contributed by atoms with E-state index in [1.807, 2.05) is 7.05 Å². The van der Waals surface area contributed by atoms with Gasteiger partial charge in [-0.15, -0.1) is 0 Å². The fourth-order valence-corrected chi connectivity index (χ4v) is 3.05. The molecule has 0 atom stereocenters. The lowest BCUT2D eigenvalue weighted by atomic mass is 10.2. The molecule has 2 amide bonds. The largest absolute Gasteiger partial charge is 0.349 e. The van der Waals surface area contributed by atoms with Crippen molar-refractivity contribution >= 4 is 45.2 Å². The molecule has 0 aliphatic heterocycles. The summed E-state index contributed by atoms with van der Waals surface area (Å²) < 4.78 is 0.389. The van der Waals surface area contributed by atoms with Crippen LogP contribution in [0.3, 0.4) is 0 Å². The Morgan fingerprint density at radius 3 is 2.70 bits per heavy atom. The van der Waals surface area contributed by atoms with E-state index in [4.69, 9.17) is 11.6 Å². The monoisotopic (exact) mass is 455 g/mol. The van der Waals surface area contributed by atoms with E-state index < -0.39 is 5.91 Å². The fraction of sp³-hybridized carbons (Fsp3) is 0.389. The molecular formula is C18H23BrClN5O2. The van der Waals surface area contributed by atoms with Gasteiger partial charge in [0.05, 0.1) is 15.1 Å². The highest BCUT2D eigenvalue weighted by Crippen LogP contribution is 2.25. The van der Waals surface area contributed by atoms with Gasteiger partial charge >= 0.3 is 0 Å². The molecule has 27 heavy (non-hydrogen) atoms. The molecule has 2 rings (SSSR count). The van der Waals surface area contributed by atoms with Crippen molar-refractivity contribution in [3.63, 3.8) is 0 Å². The van der Waals surface area contributed by atoms with Gasteiger partial charge in [0.2, 0.25) is 0 Å². The van der Waals surface area contributed by atoms with E-state index in [1.54, 1.807) is 24.3 Å². The molecule has 2 aromatic rings. The van der Waals surface area contributed by atoms with Crippen molar-refractivity contribution in [2.24, 2.45) is 0 Å². The maximum absolute atomic E-state index is 12.3. The van der Waals surface area contributed by atoms with E-state index in [2.05, 4.69) is 48.6 Å². The fourth-order valence-electron chi connectivity index (χ4n) is 2.37. The van der Waals surface area contributed by atoms with Crippen LogP contribution in [-0.4, -0.2) is 53.6 Å². The van der Waals surface area contributed by atoms with Crippen LogP contribution in [0.1, 0.15) is 40.6 Å². The molecule has 0 unspecified atom stereocenters. The second-order valence-electron chi connectivity index (χ2n) is 6.11. The molecule has 0 aliphatic rings. The minimum absolute atomic E-state index is 0.227. The highest BCUT2D eigenvalue weighted by Gasteiger charge is 2.20. The van der Waals surface area contributed by atoms with Crippen LogP contribution in [0.5, 0.6) is 0 Å². The molecule has 1 heterocycles. The number of hydrogen-bond donors (Lipinski definition) is 3. The number of carbonyl (C=O) groups is 2. The van der Waals surface area contributed by atoms with Crippen LogP contribution in [0.2, 0.25) is 5.02 Å². The third-order valence-corrected chi connectivity index (χ3v) is 5.06. The highest BCUT2D eigenvalue weighted by molar-refractivity contribution is 9.10. The lowest BCUT2D eigenvalue weighted by Crippen LogP contribution is -2.33. The molecule has 1 aromatic carbocycles. The Bertz CT molecular complexity index is 796. The quantitative estimate of drug-likeness (QED) is 0.538. The number of unbranched alkanes of at least 4 members (excludes halogenated alkanes) is 1. The van der Waals surface area contributed by atoms with Crippen molar-refractivity contribution in [2.45, 2.75) is 19.8 Å². The minimum atomic E-state index is -0.405. The molecule has 0 saturated carbocycles. The van der Waals surface area contributed by atoms with Gasteiger partial charge in [-0.3, -0.25) is 14.7 Å². The first-order valence-electron chi connectivity index (χ1n) is 8.70. The zero-order chi connectivity index (χ0) is 19.8. The number of hydrogen-bond acceptors (Lipinski definition) is 4.